The van der Waals surface area contributed by atoms with Gasteiger partial charge in [-0.25, -0.2) is 0 Å². The fraction of sp³-hybridized carbons (Fsp3) is 0.333. The van der Waals surface area contributed by atoms with Gasteiger partial charge >= 0.3 is 0 Å². The second kappa shape index (κ2) is 5.09. The predicted molar refractivity (Wildman–Crippen MR) is 70.6 cm³/mol. The third-order valence-electron chi connectivity index (χ3n) is 3.06. The highest BCUT2D eigenvalue weighted by Crippen LogP contribution is 2.22. The Hall–Kier alpha value is -1.70. The molecule has 0 radical (unpaired) electrons. The summed E-state index contributed by atoms with van der Waals surface area (Å²) in [5.74, 6) is 1.00. The number of aryl methyl sites for hydroxylation is 3. The topological polar surface area (TPSA) is 14.2 Å². The molecular formula is C15H19NO. The summed E-state index contributed by atoms with van der Waals surface area (Å²) in [6.07, 6.45) is 4.10. The molecule has 2 aromatic rings. The Morgan fingerprint density at radius 2 is 1.59 bits per heavy atom. The monoisotopic (exact) mass is 229 g/mol. The van der Waals surface area contributed by atoms with Crippen molar-refractivity contribution in [1.29, 1.82) is 0 Å². The van der Waals surface area contributed by atoms with Crippen molar-refractivity contribution in [2.24, 2.45) is 0 Å². The van der Waals surface area contributed by atoms with Crippen LogP contribution in [0.4, 0.5) is 0 Å². The van der Waals surface area contributed by atoms with Gasteiger partial charge in [0.1, 0.15) is 12.4 Å². The van der Waals surface area contributed by atoms with Gasteiger partial charge in [0.15, 0.2) is 0 Å². The molecule has 0 N–H and O–H groups in total. The Labute approximate surface area is 103 Å². The van der Waals surface area contributed by atoms with E-state index < -0.39 is 0 Å². The lowest BCUT2D eigenvalue weighted by Crippen LogP contribution is -2.07. The molecule has 0 amide bonds. The summed E-state index contributed by atoms with van der Waals surface area (Å²) in [6.45, 7) is 7.94. The number of nitrogens with zero attached hydrogens (tertiary/aromatic N) is 1. The molecule has 0 unspecified atom stereocenters. The predicted octanol–water partition coefficient (Wildman–Crippen LogP) is 3.49. The van der Waals surface area contributed by atoms with Crippen molar-refractivity contribution in [3.05, 3.63) is 53.3 Å². The summed E-state index contributed by atoms with van der Waals surface area (Å²) in [5.41, 5.74) is 3.81. The van der Waals surface area contributed by atoms with Gasteiger partial charge in [-0.3, -0.25) is 0 Å². The quantitative estimate of drug-likeness (QED) is 0.782. The van der Waals surface area contributed by atoms with E-state index in [1.54, 1.807) is 0 Å². The van der Waals surface area contributed by atoms with Crippen molar-refractivity contribution < 1.29 is 4.74 Å². The van der Waals surface area contributed by atoms with E-state index >= 15 is 0 Å². The van der Waals surface area contributed by atoms with E-state index in [2.05, 4.69) is 49.9 Å². The van der Waals surface area contributed by atoms with E-state index in [-0.39, 0.29) is 0 Å². The lowest BCUT2D eigenvalue weighted by Gasteiger charge is -2.12. The summed E-state index contributed by atoms with van der Waals surface area (Å²) in [7, 11) is 0. The molecule has 0 spiro atoms. The van der Waals surface area contributed by atoms with E-state index in [0.717, 1.165) is 12.3 Å². The molecule has 1 aromatic carbocycles. The Morgan fingerprint density at radius 3 is 2.29 bits per heavy atom. The molecule has 2 heteroatoms. The van der Waals surface area contributed by atoms with Gasteiger partial charge in [-0.1, -0.05) is 6.07 Å². The smallest absolute Gasteiger partial charge is 0.122 e. The molecule has 2 rings (SSSR count). The maximum atomic E-state index is 5.83. The lowest BCUT2D eigenvalue weighted by atomic mass is 10.1. The van der Waals surface area contributed by atoms with Crippen molar-refractivity contribution in [2.45, 2.75) is 27.3 Å². The number of aromatic nitrogens is 1. The van der Waals surface area contributed by atoms with Gasteiger partial charge in [-0.05, 0) is 55.7 Å². The van der Waals surface area contributed by atoms with Crippen LogP contribution < -0.4 is 4.74 Å². The highest BCUT2D eigenvalue weighted by molar-refractivity contribution is 5.40. The Kier molecular flexibility index (Phi) is 3.52. The molecule has 0 bridgehead atoms. The largest absolute Gasteiger partial charge is 0.491 e. The number of hydrogen-bond donors (Lipinski definition) is 0. The second-order valence-corrected chi connectivity index (χ2v) is 4.47. The van der Waals surface area contributed by atoms with Gasteiger partial charge in [0.2, 0.25) is 0 Å². The van der Waals surface area contributed by atoms with Gasteiger partial charge in [0.25, 0.3) is 0 Å². The first-order valence-electron chi connectivity index (χ1n) is 5.98. The molecule has 90 valence electrons. The number of hydrogen-bond acceptors (Lipinski definition) is 1. The highest BCUT2D eigenvalue weighted by atomic mass is 16.5. The van der Waals surface area contributed by atoms with Crippen LogP contribution in [0.1, 0.15) is 16.7 Å². The van der Waals surface area contributed by atoms with Crippen LogP contribution in [0.3, 0.4) is 0 Å². The number of benzene rings is 1. The fourth-order valence-corrected chi connectivity index (χ4v) is 1.87. The van der Waals surface area contributed by atoms with Crippen molar-refractivity contribution in [3.63, 3.8) is 0 Å². The van der Waals surface area contributed by atoms with E-state index in [1.165, 1.54) is 16.7 Å². The zero-order chi connectivity index (χ0) is 12.3. The summed E-state index contributed by atoms with van der Waals surface area (Å²) in [4.78, 5) is 0. The van der Waals surface area contributed by atoms with Crippen LogP contribution in [-0.2, 0) is 6.54 Å². The molecule has 0 atom stereocenters. The molecule has 0 aliphatic carbocycles. The van der Waals surface area contributed by atoms with Crippen LogP contribution in [0.5, 0.6) is 5.75 Å². The molecule has 2 nitrogen and oxygen atoms in total. The van der Waals surface area contributed by atoms with Crippen LogP contribution in [0.2, 0.25) is 0 Å². The Morgan fingerprint density at radius 1 is 0.941 bits per heavy atom. The molecule has 17 heavy (non-hydrogen) atoms. The molecule has 1 heterocycles. The van der Waals surface area contributed by atoms with Crippen LogP contribution in [0.15, 0.2) is 36.7 Å². The molecule has 1 aromatic heterocycles. The maximum absolute atomic E-state index is 5.83. The fourth-order valence-electron chi connectivity index (χ4n) is 1.87. The molecule has 0 saturated heterocycles. The molecule has 0 saturated carbocycles. The van der Waals surface area contributed by atoms with E-state index in [0.29, 0.717) is 6.61 Å². The first-order valence-corrected chi connectivity index (χ1v) is 5.98. The van der Waals surface area contributed by atoms with E-state index in [1.807, 2.05) is 12.1 Å². The van der Waals surface area contributed by atoms with Crippen molar-refractivity contribution >= 4 is 0 Å². The van der Waals surface area contributed by atoms with Crippen molar-refractivity contribution in [3.8, 4) is 5.75 Å². The van der Waals surface area contributed by atoms with Crippen molar-refractivity contribution in [1.82, 2.24) is 4.57 Å². The molecule has 0 fully saturated rings. The van der Waals surface area contributed by atoms with Crippen LogP contribution in [0, 0.1) is 20.8 Å². The van der Waals surface area contributed by atoms with Crippen LogP contribution >= 0.6 is 0 Å². The SMILES string of the molecule is Cc1cc(C)c(OCCn2cccc2)cc1C. The minimum atomic E-state index is 0.706. The van der Waals surface area contributed by atoms with Gasteiger partial charge in [0.05, 0.1) is 6.54 Å². The lowest BCUT2D eigenvalue weighted by molar-refractivity contribution is 0.296. The summed E-state index contributed by atoms with van der Waals surface area (Å²) in [5, 5.41) is 0. The Bertz CT molecular complexity index is 486. The summed E-state index contributed by atoms with van der Waals surface area (Å²) >= 11 is 0. The third-order valence-corrected chi connectivity index (χ3v) is 3.06. The molecule has 0 aliphatic rings. The average molecular weight is 229 g/mol. The maximum Gasteiger partial charge on any atom is 0.122 e. The molecule has 0 aliphatic heterocycles. The third kappa shape index (κ3) is 2.90. The summed E-state index contributed by atoms with van der Waals surface area (Å²) in [6, 6.07) is 8.36. The van der Waals surface area contributed by atoms with Gasteiger partial charge < -0.3 is 9.30 Å². The minimum Gasteiger partial charge on any atom is -0.491 e. The minimum absolute atomic E-state index is 0.706. The standard InChI is InChI=1S/C15H19NO/c1-12-10-14(3)15(11-13(12)2)17-9-8-16-6-4-5-7-16/h4-7,10-11H,8-9H2,1-3H3. The zero-order valence-corrected chi connectivity index (χ0v) is 10.7. The average Bonchev–Trinajstić information content (AvgIpc) is 2.78. The van der Waals surface area contributed by atoms with Crippen molar-refractivity contribution in [2.75, 3.05) is 6.61 Å². The van der Waals surface area contributed by atoms with Gasteiger partial charge in [-0.2, -0.15) is 0 Å². The second-order valence-electron chi connectivity index (χ2n) is 4.47. The van der Waals surface area contributed by atoms with Crippen LogP contribution in [0.25, 0.3) is 0 Å². The zero-order valence-electron chi connectivity index (χ0n) is 10.7. The van der Waals surface area contributed by atoms with Crippen LogP contribution in [-0.4, -0.2) is 11.2 Å². The normalized spacial score (nSPS) is 10.5. The number of rotatable bonds is 4. The highest BCUT2D eigenvalue weighted by Gasteiger charge is 2.02. The molecular weight excluding hydrogens is 210 g/mol. The van der Waals surface area contributed by atoms with E-state index in [4.69, 9.17) is 4.74 Å². The van der Waals surface area contributed by atoms with Gasteiger partial charge in [0, 0.05) is 12.4 Å². The Balaban J connectivity index is 1.97. The summed E-state index contributed by atoms with van der Waals surface area (Å²) < 4.78 is 7.95. The van der Waals surface area contributed by atoms with Gasteiger partial charge in [-0.15, -0.1) is 0 Å². The van der Waals surface area contributed by atoms with E-state index in [9.17, 15) is 0 Å². The first kappa shape index (κ1) is 11.8. The first-order chi connectivity index (χ1) is 8.16. The number of ether oxygens (including phenoxy) is 1.